The lowest BCUT2D eigenvalue weighted by atomic mass is 9.99. The highest BCUT2D eigenvalue weighted by atomic mass is 16.5. The number of nitrogens with zero attached hydrogens (tertiary/aromatic N) is 7. The van der Waals surface area contributed by atoms with Crippen molar-refractivity contribution >= 4 is 23.6 Å². The zero-order chi connectivity index (χ0) is 25.7. The molecule has 2 aromatic rings. The molecule has 194 valence electrons. The number of nitrogen functional groups attached to an aromatic ring is 1. The molecule has 36 heavy (non-hydrogen) atoms. The molecule has 2 aromatic heterocycles. The number of aromatic nitrogens is 4. The second kappa shape index (κ2) is 9.11. The summed E-state index contributed by atoms with van der Waals surface area (Å²) in [5.74, 6) is 1.99. The van der Waals surface area contributed by atoms with Gasteiger partial charge >= 0.3 is 0 Å². The molecule has 0 spiro atoms. The molecule has 0 radical (unpaired) electrons. The van der Waals surface area contributed by atoms with Crippen LogP contribution in [0.4, 0.5) is 17.7 Å². The third-order valence-corrected chi connectivity index (χ3v) is 7.93. The first-order chi connectivity index (χ1) is 17.1. The molecule has 3 aliphatic rings. The van der Waals surface area contributed by atoms with Crippen LogP contribution >= 0.6 is 0 Å². The van der Waals surface area contributed by atoms with Gasteiger partial charge in [0.2, 0.25) is 17.8 Å². The van der Waals surface area contributed by atoms with E-state index in [2.05, 4.69) is 38.9 Å². The van der Waals surface area contributed by atoms with E-state index in [1.807, 2.05) is 25.8 Å². The number of morpholine rings is 1. The Balaban J connectivity index is 1.53. The summed E-state index contributed by atoms with van der Waals surface area (Å²) in [6.45, 7) is 12.5. The largest absolute Gasteiger partial charge is 0.377 e. The predicted molar refractivity (Wildman–Crippen MR) is 139 cm³/mol. The quantitative estimate of drug-likeness (QED) is 0.623. The third kappa shape index (κ3) is 4.24. The van der Waals surface area contributed by atoms with E-state index in [-0.39, 0.29) is 23.4 Å². The van der Waals surface area contributed by atoms with Crippen LogP contribution in [-0.2, 0) is 16.0 Å². The van der Waals surface area contributed by atoms with Gasteiger partial charge < -0.3 is 30.5 Å². The van der Waals surface area contributed by atoms with E-state index in [0.717, 1.165) is 55.1 Å². The maximum Gasteiger partial charge on any atom is 0.242 e. The summed E-state index contributed by atoms with van der Waals surface area (Å²) in [6.07, 6.45) is 5.17. The number of likely N-dealkylation sites (tertiary alicyclic amines) is 1. The Hall–Kier alpha value is -3.05. The first-order valence-corrected chi connectivity index (χ1v) is 12.7. The number of anilines is 3. The lowest BCUT2D eigenvalue weighted by Gasteiger charge is -2.38. The average molecular weight is 496 g/mol. The van der Waals surface area contributed by atoms with Gasteiger partial charge in [-0.15, -0.1) is 0 Å². The number of hydrogen-bond acceptors (Lipinski definition) is 10. The minimum absolute atomic E-state index is 0.123. The van der Waals surface area contributed by atoms with Crippen LogP contribution in [-0.4, -0.2) is 94.3 Å². The molecule has 5 rings (SSSR count). The van der Waals surface area contributed by atoms with E-state index in [1.54, 1.807) is 12.4 Å². The zero-order valence-electron chi connectivity index (χ0n) is 21.9. The number of nitrogens with two attached hydrogens (primary N) is 1. The molecule has 1 amide bonds. The Morgan fingerprint density at radius 1 is 1.22 bits per heavy atom. The smallest absolute Gasteiger partial charge is 0.242 e. The summed E-state index contributed by atoms with van der Waals surface area (Å²) in [7, 11) is 1.83. The summed E-state index contributed by atoms with van der Waals surface area (Å²) in [5.41, 5.74) is 7.71. The number of rotatable bonds is 5. The molecule has 2 saturated heterocycles. The van der Waals surface area contributed by atoms with Crippen LogP contribution in [0.3, 0.4) is 0 Å². The lowest BCUT2D eigenvalue weighted by Crippen LogP contribution is -2.54. The van der Waals surface area contributed by atoms with Crippen molar-refractivity contribution in [1.29, 1.82) is 0 Å². The first-order valence-electron chi connectivity index (χ1n) is 12.7. The van der Waals surface area contributed by atoms with E-state index in [9.17, 15) is 4.79 Å². The van der Waals surface area contributed by atoms with E-state index in [0.29, 0.717) is 25.7 Å². The Kier molecular flexibility index (Phi) is 6.24. The van der Waals surface area contributed by atoms with Crippen LogP contribution in [0, 0.1) is 0 Å². The van der Waals surface area contributed by atoms with Crippen molar-refractivity contribution in [3.63, 3.8) is 0 Å². The van der Waals surface area contributed by atoms with Gasteiger partial charge in [0.15, 0.2) is 0 Å². The van der Waals surface area contributed by atoms with Gasteiger partial charge in [0.05, 0.1) is 36.0 Å². The highest BCUT2D eigenvalue weighted by Gasteiger charge is 2.46. The predicted octanol–water partition coefficient (Wildman–Crippen LogP) is 1.09. The number of hydrogen-bond donors (Lipinski definition) is 2. The van der Waals surface area contributed by atoms with Gasteiger partial charge in [-0.25, -0.2) is 15.0 Å². The van der Waals surface area contributed by atoms with E-state index in [1.165, 1.54) is 0 Å². The molecule has 0 saturated carbocycles. The summed E-state index contributed by atoms with van der Waals surface area (Å²) in [6, 6.07) is 0.168. The van der Waals surface area contributed by atoms with Gasteiger partial charge in [-0.2, -0.15) is 4.98 Å². The fourth-order valence-electron chi connectivity index (χ4n) is 5.46. The number of amides is 1. The van der Waals surface area contributed by atoms with Gasteiger partial charge in [-0.3, -0.25) is 4.79 Å². The molecule has 2 atom stereocenters. The lowest BCUT2D eigenvalue weighted by molar-refractivity contribution is -0.136. The maximum absolute atomic E-state index is 13.2. The number of ether oxygens (including phenoxy) is 1. The molecule has 5 heterocycles. The minimum Gasteiger partial charge on any atom is -0.377 e. The SMILES string of the molecule is CNC(C)(C)C(=O)N1CC[C@](C)(N2CCc3c(-c4cnc(N)nc4)nc(N4CCOC[C@@H]4C)nc32)C1. The summed E-state index contributed by atoms with van der Waals surface area (Å²) in [5, 5.41) is 3.15. The van der Waals surface area contributed by atoms with E-state index < -0.39 is 5.54 Å². The van der Waals surface area contributed by atoms with Crippen LogP contribution in [0.5, 0.6) is 0 Å². The number of likely N-dealkylation sites (N-methyl/N-ethyl adjacent to an activating group) is 1. The number of nitrogens with one attached hydrogen (secondary N) is 1. The normalized spacial score (nSPS) is 24.4. The molecule has 0 aliphatic carbocycles. The van der Waals surface area contributed by atoms with Crippen molar-refractivity contribution in [2.24, 2.45) is 0 Å². The fraction of sp³-hybridized carbons (Fsp3) is 0.640. The first kappa shape index (κ1) is 24.6. The third-order valence-electron chi connectivity index (χ3n) is 7.93. The summed E-state index contributed by atoms with van der Waals surface area (Å²) >= 11 is 0. The van der Waals surface area contributed by atoms with Crippen LogP contribution in [0.15, 0.2) is 12.4 Å². The second-order valence-electron chi connectivity index (χ2n) is 10.9. The molecule has 0 aromatic carbocycles. The summed E-state index contributed by atoms with van der Waals surface area (Å²) < 4.78 is 5.66. The number of carbonyl (C=O) groups is 1. The van der Waals surface area contributed by atoms with Crippen molar-refractivity contribution in [1.82, 2.24) is 30.2 Å². The van der Waals surface area contributed by atoms with Crippen molar-refractivity contribution in [2.75, 3.05) is 62.0 Å². The second-order valence-corrected chi connectivity index (χ2v) is 10.9. The monoisotopic (exact) mass is 495 g/mol. The molecule has 3 N–H and O–H groups in total. The Labute approximate surface area is 212 Å². The van der Waals surface area contributed by atoms with Crippen LogP contribution < -0.4 is 20.9 Å². The molecule has 3 aliphatic heterocycles. The van der Waals surface area contributed by atoms with Crippen molar-refractivity contribution in [3.8, 4) is 11.3 Å². The van der Waals surface area contributed by atoms with Gasteiger partial charge in [0.25, 0.3) is 0 Å². The molecule has 2 fully saturated rings. The van der Waals surface area contributed by atoms with Gasteiger partial charge in [-0.1, -0.05) is 0 Å². The standard InChI is InChI=1S/C25H37N9O2/c1-16-14-36-11-10-33(16)23-30-19(17-12-28-22(26)29-13-17)18-6-8-34(20(18)31-23)25(4)7-9-32(15-25)21(35)24(2,3)27-5/h12-13,16,27H,6-11,14-15H2,1-5H3,(H2,26,28,29)/t16-,25-/m0/s1. The van der Waals surface area contributed by atoms with E-state index in [4.69, 9.17) is 20.4 Å². The number of fused-ring (bicyclic) bond motifs is 1. The van der Waals surface area contributed by atoms with Crippen molar-refractivity contribution in [2.45, 2.75) is 57.7 Å². The fourth-order valence-corrected chi connectivity index (χ4v) is 5.46. The average Bonchev–Trinajstić information content (AvgIpc) is 3.48. The molecular weight excluding hydrogens is 458 g/mol. The van der Waals surface area contributed by atoms with Gasteiger partial charge in [0.1, 0.15) is 5.82 Å². The van der Waals surface area contributed by atoms with Crippen molar-refractivity contribution in [3.05, 3.63) is 18.0 Å². The van der Waals surface area contributed by atoms with E-state index >= 15 is 0 Å². The van der Waals surface area contributed by atoms with Crippen molar-refractivity contribution < 1.29 is 9.53 Å². The summed E-state index contributed by atoms with van der Waals surface area (Å²) in [4.78, 5) is 38.4. The molecule has 11 heteroatoms. The zero-order valence-corrected chi connectivity index (χ0v) is 21.9. The van der Waals surface area contributed by atoms with Gasteiger partial charge in [0, 0.05) is 49.7 Å². The Morgan fingerprint density at radius 2 is 1.97 bits per heavy atom. The van der Waals surface area contributed by atoms with Gasteiger partial charge in [-0.05, 0) is 47.6 Å². The van der Waals surface area contributed by atoms with Crippen LogP contribution in [0.2, 0.25) is 0 Å². The molecule has 0 bridgehead atoms. The highest BCUT2D eigenvalue weighted by Crippen LogP contribution is 2.42. The van der Waals surface area contributed by atoms with Crippen LogP contribution in [0.1, 0.15) is 39.7 Å². The maximum atomic E-state index is 13.2. The Bertz CT molecular complexity index is 1140. The number of carbonyl (C=O) groups excluding carboxylic acids is 1. The molecule has 0 unspecified atom stereocenters. The molecular formula is C25H37N9O2. The molecule has 11 nitrogen and oxygen atoms in total. The minimum atomic E-state index is -0.599. The Morgan fingerprint density at radius 3 is 2.67 bits per heavy atom. The topological polar surface area (TPSA) is 126 Å². The van der Waals surface area contributed by atoms with Crippen LogP contribution in [0.25, 0.3) is 11.3 Å². The highest BCUT2D eigenvalue weighted by molar-refractivity contribution is 5.86.